The van der Waals surface area contributed by atoms with Crippen LogP contribution >= 0.6 is 0 Å². The molecule has 0 unspecified atom stereocenters. The van der Waals surface area contributed by atoms with Crippen LogP contribution in [0.4, 0.5) is 0 Å². The summed E-state index contributed by atoms with van der Waals surface area (Å²) in [5.74, 6) is 2.29. The van der Waals surface area contributed by atoms with Gasteiger partial charge in [-0.25, -0.2) is 9.97 Å². The first-order chi connectivity index (χ1) is 8.63. The van der Waals surface area contributed by atoms with E-state index in [4.69, 9.17) is 9.47 Å². The van der Waals surface area contributed by atoms with E-state index in [0.717, 1.165) is 34.3 Å². The third kappa shape index (κ3) is 2.42. The van der Waals surface area contributed by atoms with E-state index >= 15 is 0 Å². The Kier molecular flexibility index (Phi) is 3.46. The van der Waals surface area contributed by atoms with Crippen LogP contribution in [-0.2, 0) is 0 Å². The first kappa shape index (κ1) is 12.4. The van der Waals surface area contributed by atoms with Crippen LogP contribution in [0.3, 0.4) is 0 Å². The highest BCUT2D eigenvalue weighted by Crippen LogP contribution is 2.32. The normalized spacial score (nSPS) is 10.2. The molecule has 0 saturated heterocycles. The predicted octanol–water partition coefficient (Wildman–Crippen LogP) is 2.78. The van der Waals surface area contributed by atoms with Crippen molar-refractivity contribution in [3.63, 3.8) is 0 Å². The van der Waals surface area contributed by atoms with E-state index in [1.54, 1.807) is 14.2 Å². The molecule has 1 aromatic carbocycles. The van der Waals surface area contributed by atoms with Gasteiger partial charge in [-0.1, -0.05) is 0 Å². The average molecular weight is 244 g/mol. The molecule has 2 rings (SSSR count). The van der Waals surface area contributed by atoms with Gasteiger partial charge in [-0.15, -0.1) is 0 Å². The molecule has 0 aliphatic carbocycles. The van der Waals surface area contributed by atoms with Gasteiger partial charge in [0, 0.05) is 11.3 Å². The van der Waals surface area contributed by atoms with Gasteiger partial charge in [-0.05, 0) is 38.1 Å². The molecular formula is C14H16N2O2. The van der Waals surface area contributed by atoms with Gasteiger partial charge in [0.25, 0.3) is 0 Å². The Morgan fingerprint density at radius 2 is 1.72 bits per heavy atom. The number of hydrogen-bond acceptors (Lipinski definition) is 4. The minimum Gasteiger partial charge on any atom is -0.497 e. The fourth-order valence-electron chi connectivity index (χ4n) is 1.87. The van der Waals surface area contributed by atoms with Gasteiger partial charge in [-0.2, -0.15) is 0 Å². The van der Waals surface area contributed by atoms with Gasteiger partial charge in [0.15, 0.2) is 0 Å². The number of ether oxygens (including phenoxy) is 2. The van der Waals surface area contributed by atoms with Gasteiger partial charge in [0.2, 0.25) is 0 Å². The molecule has 4 heteroatoms. The van der Waals surface area contributed by atoms with Crippen molar-refractivity contribution in [1.29, 1.82) is 0 Å². The molecule has 0 aliphatic heterocycles. The summed E-state index contributed by atoms with van der Waals surface area (Å²) in [7, 11) is 3.29. The van der Waals surface area contributed by atoms with Crippen LogP contribution in [0.5, 0.6) is 11.5 Å². The summed E-state index contributed by atoms with van der Waals surface area (Å²) >= 11 is 0. The molecular weight excluding hydrogens is 228 g/mol. The molecule has 0 N–H and O–H groups in total. The van der Waals surface area contributed by atoms with E-state index in [9.17, 15) is 0 Å². The largest absolute Gasteiger partial charge is 0.497 e. The number of benzene rings is 1. The van der Waals surface area contributed by atoms with Gasteiger partial charge >= 0.3 is 0 Å². The van der Waals surface area contributed by atoms with Crippen LogP contribution in [0.15, 0.2) is 24.3 Å². The van der Waals surface area contributed by atoms with Crippen LogP contribution in [0.25, 0.3) is 11.3 Å². The minimum absolute atomic E-state index is 0.745. The second-order valence-corrected chi connectivity index (χ2v) is 4.01. The van der Waals surface area contributed by atoms with E-state index in [1.807, 2.05) is 38.1 Å². The molecule has 0 atom stereocenters. The van der Waals surface area contributed by atoms with Gasteiger partial charge in [0.05, 0.1) is 19.9 Å². The highest BCUT2D eigenvalue weighted by Gasteiger charge is 2.10. The maximum Gasteiger partial charge on any atom is 0.128 e. The second-order valence-electron chi connectivity index (χ2n) is 4.01. The molecule has 0 amide bonds. The van der Waals surface area contributed by atoms with E-state index in [2.05, 4.69) is 9.97 Å². The highest BCUT2D eigenvalue weighted by molar-refractivity contribution is 5.69. The summed E-state index contributed by atoms with van der Waals surface area (Å²) in [6.45, 7) is 3.83. The Hall–Kier alpha value is -2.10. The zero-order valence-electron chi connectivity index (χ0n) is 11.0. The SMILES string of the molecule is COc1ccc(OC)c(-c2cc(C)nc(C)n2)c1. The summed E-state index contributed by atoms with van der Waals surface area (Å²) in [4.78, 5) is 8.72. The third-order valence-corrected chi connectivity index (χ3v) is 2.65. The van der Waals surface area contributed by atoms with E-state index < -0.39 is 0 Å². The number of aryl methyl sites for hydroxylation is 2. The summed E-state index contributed by atoms with van der Waals surface area (Å²) in [5, 5.41) is 0. The van der Waals surface area contributed by atoms with Crippen LogP contribution in [0.2, 0.25) is 0 Å². The molecule has 4 nitrogen and oxygen atoms in total. The number of hydrogen-bond donors (Lipinski definition) is 0. The average Bonchev–Trinajstić information content (AvgIpc) is 2.36. The number of methoxy groups -OCH3 is 2. The standard InChI is InChI=1S/C14H16N2O2/c1-9-7-13(16-10(2)15-9)12-8-11(17-3)5-6-14(12)18-4/h5-8H,1-4H3. The maximum absolute atomic E-state index is 5.36. The van der Waals surface area contributed by atoms with Crippen molar-refractivity contribution in [2.24, 2.45) is 0 Å². The minimum atomic E-state index is 0.745. The molecule has 0 aliphatic rings. The monoisotopic (exact) mass is 244 g/mol. The van der Waals surface area contributed by atoms with Crippen molar-refractivity contribution in [2.45, 2.75) is 13.8 Å². The van der Waals surface area contributed by atoms with Gasteiger partial charge in [-0.3, -0.25) is 0 Å². The van der Waals surface area contributed by atoms with Crippen molar-refractivity contribution < 1.29 is 9.47 Å². The summed E-state index contributed by atoms with van der Waals surface area (Å²) in [5.41, 5.74) is 2.68. The molecule has 1 aromatic heterocycles. The lowest BCUT2D eigenvalue weighted by molar-refractivity contribution is 0.404. The highest BCUT2D eigenvalue weighted by atomic mass is 16.5. The van der Waals surface area contributed by atoms with Crippen LogP contribution in [0.1, 0.15) is 11.5 Å². The third-order valence-electron chi connectivity index (χ3n) is 2.65. The summed E-state index contributed by atoms with van der Waals surface area (Å²) < 4.78 is 10.6. The zero-order valence-corrected chi connectivity index (χ0v) is 11.0. The Labute approximate surface area is 107 Å². The topological polar surface area (TPSA) is 44.2 Å². The fraction of sp³-hybridized carbons (Fsp3) is 0.286. The first-order valence-electron chi connectivity index (χ1n) is 5.68. The summed E-state index contributed by atoms with van der Waals surface area (Å²) in [6, 6.07) is 7.59. The zero-order chi connectivity index (χ0) is 13.1. The molecule has 1 heterocycles. The van der Waals surface area contributed by atoms with Crippen molar-refractivity contribution in [2.75, 3.05) is 14.2 Å². The molecule has 18 heavy (non-hydrogen) atoms. The predicted molar refractivity (Wildman–Crippen MR) is 70.0 cm³/mol. The Morgan fingerprint density at radius 1 is 0.944 bits per heavy atom. The molecule has 0 spiro atoms. The number of rotatable bonds is 3. The van der Waals surface area contributed by atoms with Crippen LogP contribution in [-0.4, -0.2) is 24.2 Å². The number of nitrogens with zero attached hydrogens (tertiary/aromatic N) is 2. The second kappa shape index (κ2) is 5.04. The Morgan fingerprint density at radius 3 is 2.33 bits per heavy atom. The van der Waals surface area contributed by atoms with E-state index in [0.29, 0.717) is 0 Å². The molecule has 0 fully saturated rings. The lowest BCUT2D eigenvalue weighted by Gasteiger charge is -2.10. The van der Waals surface area contributed by atoms with Crippen molar-refractivity contribution >= 4 is 0 Å². The Bertz CT molecular complexity index is 547. The maximum atomic E-state index is 5.36. The lowest BCUT2D eigenvalue weighted by Crippen LogP contribution is -1.96. The van der Waals surface area contributed by atoms with Crippen molar-refractivity contribution in [3.8, 4) is 22.8 Å². The first-order valence-corrected chi connectivity index (χ1v) is 5.68. The molecule has 0 bridgehead atoms. The molecule has 2 aromatic rings. The fourth-order valence-corrected chi connectivity index (χ4v) is 1.87. The van der Waals surface area contributed by atoms with Crippen molar-refractivity contribution in [3.05, 3.63) is 35.8 Å². The lowest BCUT2D eigenvalue weighted by atomic mass is 10.1. The van der Waals surface area contributed by atoms with Crippen LogP contribution in [0, 0.1) is 13.8 Å². The van der Waals surface area contributed by atoms with E-state index in [-0.39, 0.29) is 0 Å². The summed E-state index contributed by atoms with van der Waals surface area (Å²) in [6.07, 6.45) is 0. The number of aromatic nitrogens is 2. The van der Waals surface area contributed by atoms with Crippen LogP contribution < -0.4 is 9.47 Å². The van der Waals surface area contributed by atoms with Crippen molar-refractivity contribution in [1.82, 2.24) is 9.97 Å². The van der Waals surface area contributed by atoms with Gasteiger partial charge in [0.1, 0.15) is 17.3 Å². The molecule has 0 saturated carbocycles. The molecule has 0 radical (unpaired) electrons. The van der Waals surface area contributed by atoms with Gasteiger partial charge < -0.3 is 9.47 Å². The van der Waals surface area contributed by atoms with E-state index in [1.165, 1.54) is 0 Å². The Balaban J connectivity index is 2.60. The smallest absolute Gasteiger partial charge is 0.128 e. The quantitative estimate of drug-likeness (QED) is 0.832. The molecule has 94 valence electrons.